The van der Waals surface area contributed by atoms with Crippen LogP contribution in [-0.4, -0.2) is 67.7 Å². The number of thioether (sulfide) groups is 1. The van der Waals surface area contributed by atoms with Crippen molar-refractivity contribution in [1.82, 2.24) is 19.6 Å². The highest BCUT2D eigenvalue weighted by Crippen LogP contribution is 2.58. The molecule has 59 heavy (non-hydrogen) atoms. The largest absolute Gasteiger partial charge is 0.448 e. The summed E-state index contributed by atoms with van der Waals surface area (Å²) >= 11 is 2.40. The molecule has 296 valence electrons. The number of hydrogen-bond acceptors (Lipinski definition) is 11. The average molecular weight is 840 g/mol. The van der Waals surface area contributed by atoms with Crippen molar-refractivity contribution in [1.29, 1.82) is 0 Å². The van der Waals surface area contributed by atoms with Crippen LogP contribution in [0.3, 0.4) is 0 Å². The second-order valence-electron chi connectivity index (χ2n) is 13.7. The molecule has 0 bridgehead atoms. The summed E-state index contributed by atoms with van der Waals surface area (Å²) in [5.41, 5.74) is 8.15. The molecule has 3 heterocycles. The monoisotopic (exact) mass is 839 g/mol. The number of carbonyl (C=O) groups excluding carboxylic acids is 3. The molecule has 0 saturated carbocycles. The topological polar surface area (TPSA) is 149 Å². The minimum absolute atomic E-state index is 0.0132. The zero-order valence-corrected chi connectivity index (χ0v) is 34.5. The van der Waals surface area contributed by atoms with Gasteiger partial charge in [0.05, 0.1) is 6.16 Å². The van der Waals surface area contributed by atoms with Gasteiger partial charge in [-0.3, -0.25) is 14.5 Å². The van der Waals surface area contributed by atoms with Crippen LogP contribution in [0.1, 0.15) is 30.0 Å². The van der Waals surface area contributed by atoms with E-state index >= 15 is 4.79 Å². The summed E-state index contributed by atoms with van der Waals surface area (Å²) in [5.74, 6) is -1.41. The van der Waals surface area contributed by atoms with Crippen LogP contribution in [0.25, 0.3) is 0 Å². The molecular formula is C45H40N6O5PS2+. The minimum atomic E-state index is -2.52. The van der Waals surface area contributed by atoms with E-state index in [1.54, 1.807) is 6.92 Å². The van der Waals surface area contributed by atoms with Gasteiger partial charge in [0.1, 0.15) is 46.9 Å². The van der Waals surface area contributed by atoms with Crippen LogP contribution in [0.4, 0.5) is 5.13 Å². The Morgan fingerprint density at radius 1 is 0.831 bits per heavy atom. The van der Waals surface area contributed by atoms with Crippen LogP contribution >= 0.6 is 30.6 Å². The van der Waals surface area contributed by atoms with Crippen LogP contribution in [-0.2, 0) is 24.0 Å². The van der Waals surface area contributed by atoms with E-state index in [1.807, 2.05) is 115 Å². The molecule has 0 aliphatic carbocycles. The van der Waals surface area contributed by atoms with Crippen LogP contribution in [0.15, 0.2) is 168 Å². The number of nitrogens with one attached hydrogen (secondary N) is 1. The normalized spacial score (nSPS) is 16.6. The van der Waals surface area contributed by atoms with E-state index in [0.717, 1.165) is 44.1 Å². The number of aromatic nitrogens is 2. The van der Waals surface area contributed by atoms with Gasteiger partial charge in [0.15, 0.2) is 11.2 Å². The van der Waals surface area contributed by atoms with Gasteiger partial charge in [-0.05, 0) is 54.4 Å². The number of fused-ring (bicyclic) bond motifs is 1. The van der Waals surface area contributed by atoms with Gasteiger partial charge in [-0.1, -0.05) is 120 Å². The number of rotatable bonds is 14. The Kier molecular flexibility index (Phi) is 12.0. The van der Waals surface area contributed by atoms with Crippen molar-refractivity contribution in [2.75, 3.05) is 24.3 Å². The Bertz CT molecular complexity index is 2360. The Morgan fingerprint density at radius 3 is 1.81 bits per heavy atom. The Balaban J connectivity index is 1.23. The Hall–Kier alpha value is -6.14. The summed E-state index contributed by atoms with van der Waals surface area (Å²) < 4.78 is 10.7. The molecule has 8 rings (SSSR count). The van der Waals surface area contributed by atoms with Crippen molar-refractivity contribution in [3.63, 3.8) is 0 Å². The fourth-order valence-corrected chi connectivity index (χ4v) is 13.7. The van der Waals surface area contributed by atoms with Gasteiger partial charge in [-0.15, -0.1) is 11.8 Å². The zero-order chi connectivity index (χ0) is 40.8. The van der Waals surface area contributed by atoms with Gasteiger partial charge in [0.25, 0.3) is 11.8 Å². The third-order valence-electron chi connectivity index (χ3n) is 10.1. The second kappa shape index (κ2) is 17.8. The lowest BCUT2D eigenvalue weighted by molar-refractivity contribution is -0.154. The highest BCUT2D eigenvalue weighted by molar-refractivity contribution is 8.00. The third kappa shape index (κ3) is 8.01. The van der Waals surface area contributed by atoms with E-state index in [9.17, 15) is 9.59 Å². The SMILES string of the molecule is CCON=C(C(=O)NC1C(=O)N2C(C(=O)OC(c3ccccc3)c3ccccc3)=C(C[P+](c3ccccc3)(c3ccccc3)c3ccccc3)CS[C@H]12)c1nsc(N)n1. The van der Waals surface area contributed by atoms with Crippen LogP contribution < -0.4 is 27.0 Å². The summed E-state index contributed by atoms with van der Waals surface area (Å²) in [6.45, 7) is 1.92. The molecule has 2 atom stereocenters. The molecule has 6 aromatic rings. The average Bonchev–Trinajstić information content (AvgIpc) is 3.73. The van der Waals surface area contributed by atoms with Gasteiger partial charge in [-0.25, -0.2) is 4.79 Å². The predicted octanol–water partition coefficient (Wildman–Crippen LogP) is 5.84. The molecule has 2 amide bonds. The number of benzene rings is 5. The number of β-lactam (4-membered cyclic amide) rings is 1. The smallest absolute Gasteiger partial charge is 0.356 e. The van der Waals surface area contributed by atoms with Crippen LogP contribution in [0, 0.1) is 0 Å². The first-order valence-corrected chi connectivity index (χ1v) is 22.8. The zero-order valence-electron chi connectivity index (χ0n) is 32.0. The van der Waals surface area contributed by atoms with E-state index in [0.29, 0.717) is 11.9 Å². The lowest BCUT2D eigenvalue weighted by Crippen LogP contribution is -2.71. The lowest BCUT2D eigenvalue weighted by Gasteiger charge is -2.50. The molecule has 5 aromatic carbocycles. The molecule has 1 aromatic heterocycles. The number of hydrogen-bond donors (Lipinski definition) is 2. The van der Waals surface area contributed by atoms with Gasteiger partial charge < -0.3 is 20.6 Å². The maximum atomic E-state index is 15.1. The molecule has 1 saturated heterocycles. The number of nitrogens with two attached hydrogens (primary N) is 1. The fraction of sp³-hybridized carbons (Fsp3) is 0.156. The molecule has 2 aliphatic rings. The van der Waals surface area contributed by atoms with Crippen molar-refractivity contribution in [2.45, 2.75) is 24.4 Å². The molecule has 0 radical (unpaired) electrons. The minimum Gasteiger partial charge on any atom is -0.448 e. The third-order valence-corrected chi connectivity index (χ3v) is 16.4. The molecule has 0 spiro atoms. The Morgan fingerprint density at radius 2 is 1.34 bits per heavy atom. The first-order chi connectivity index (χ1) is 28.9. The van der Waals surface area contributed by atoms with Crippen LogP contribution in [0.2, 0.25) is 0 Å². The number of carbonyl (C=O) groups is 3. The maximum absolute atomic E-state index is 15.1. The molecule has 14 heteroatoms. The first kappa shape index (κ1) is 39.7. The maximum Gasteiger partial charge on any atom is 0.356 e. The number of nitrogens with zero attached hydrogens (tertiary/aromatic N) is 4. The van der Waals surface area contributed by atoms with Crippen LogP contribution in [0.5, 0.6) is 0 Å². The molecule has 11 nitrogen and oxygen atoms in total. The lowest BCUT2D eigenvalue weighted by atomic mass is 10.0. The van der Waals surface area contributed by atoms with Crippen molar-refractivity contribution < 1.29 is 24.0 Å². The number of anilines is 1. The second-order valence-corrected chi connectivity index (χ2v) is 19.1. The molecule has 1 fully saturated rings. The first-order valence-electron chi connectivity index (χ1n) is 19.0. The highest BCUT2D eigenvalue weighted by atomic mass is 32.2. The molecule has 2 aliphatic heterocycles. The number of ether oxygens (including phenoxy) is 1. The van der Waals surface area contributed by atoms with E-state index in [4.69, 9.17) is 15.3 Å². The number of esters is 1. The summed E-state index contributed by atoms with van der Waals surface area (Å²) in [6.07, 6.45) is -0.301. The summed E-state index contributed by atoms with van der Waals surface area (Å²) in [6, 6.07) is 49.3. The van der Waals surface area contributed by atoms with Gasteiger partial charge in [-0.2, -0.15) is 9.36 Å². The Labute approximate surface area is 350 Å². The number of amides is 2. The van der Waals surface area contributed by atoms with Crippen molar-refractivity contribution >= 4 is 75.1 Å². The quantitative estimate of drug-likeness (QED) is 0.0454. The summed E-state index contributed by atoms with van der Waals surface area (Å²) in [5, 5.41) is 9.71. The van der Waals surface area contributed by atoms with E-state index < -0.39 is 42.6 Å². The molecule has 1 unspecified atom stereocenters. The van der Waals surface area contributed by atoms with Gasteiger partial charge >= 0.3 is 5.97 Å². The van der Waals surface area contributed by atoms with E-state index in [-0.39, 0.29) is 29.0 Å². The molecule has 3 N–H and O–H groups in total. The fourth-order valence-electron chi connectivity index (χ4n) is 7.45. The van der Waals surface area contributed by atoms with Gasteiger partial charge in [0.2, 0.25) is 11.5 Å². The van der Waals surface area contributed by atoms with Crippen molar-refractivity contribution in [3.05, 3.63) is 180 Å². The number of oxime groups is 1. The highest BCUT2D eigenvalue weighted by Gasteiger charge is 2.57. The van der Waals surface area contributed by atoms with Crippen molar-refractivity contribution in [2.24, 2.45) is 5.16 Å². The predicted molar refractivity (Wildman–Crippen MR) is 235 cm³/mol. The summed E-state index contributed by atoms with van der Waals surface area (Å²) in [4.78, 5) is 54.2. The van der Waals surface area contributed by atoms with E-state index in [1.165, 1.54) is 16.7 Å². The number of nitrogen functional groups attached to an aromatic ring is 1. The standard InChI is InChI=1S/C45H39N6O5PS2/c1-2-55-49-36(40-48-45(46)59-50-40)41(52)47-37-42(53)51-38(44(54)56-39(30-18-8-3-9-19-30)31-20-10-4-11-21-31)32(29-58-43(37)51)28-57(33-22-12-5-13-23-33,34-24-14-6-15-25-34)35-26-16-7-17-27-35/h3-27,37,39,43H,2,28-29H2,1H3,(H2-,46,47,48,50,52)/p+1/t37?,43-/m1/s1. The van der Waals surface area contributed by atoms with Crippen molar-refractivity contribution in [3.8, 4) is 0 Å². The van der Waals surface area contributed by atoms with E-state index in [2.05, 4.69) is 56.2 Å². The molecular weight excluding hydrogens is 800 g/mol. The van der Waals surface area contributed by atoms with Gasteiger partial charge in [0, 0.05) is 22.9 Å². The summed E-state index contributed by atoms with van der Waals surface area (Å²) in [7, 11) is -2.52.